The maximum Gasteiger partial charge on any atom is 0.136 e. The van der Waals surface area contributed by atoms with Crippen molar-refractivity contribution >= 4 is 43.7 Å². The van der Waals surface area contributed by atoms with E-state index >= 15 is 0 Å². The van der Waals surface area contributed by atoms with Crippen molar-refractivity contribution in [1.82, 2.24) is 4.57 Å². The zero-order valence-corrected chi connectivity index (χ0v) is 17.3. The average molecular weight is 409 g/mol. The maximum absolute atomic E-state index is 6.19. The van der Waals surface area contributed by atoms with Crippen LogP contribution in [-0.2, 0) is 0 Å². The molecule has 2 aromatic heterocycles. The van der Waals surface area contributed by atoms with Gasteiger partial charge in [-0.15, -0.1) is 0 Å². The number of hydrogen-bond donors (Lipinski definition) is 0. The van der Waals surface area contributed by atoms with Crippen molar-refractivity contribution in [2.75, 3.05) is 0 Å². The summed E-state index contributed by atoms with van der Waals surface area (Å²) >= 11 is 0. The highest BCUT2D eigenvalue weighted by Crippen LogP contribution is 2.39. The summed E-state index contributed by atoms with van der Waals surface area (Å²) in [7, 11) is 0. The van der Waals surface area contributed by atoms with Crippen LogP contribution in [-0.4, -0.2) is 4.57 Å². The van der Waals surface area contributed by atoms with E-state index in [1.807, 2.05) is 12.1 Å². The SMILES string of the molecule is c1ccc(-n2c3ccccc3c3cccc(-c4ccc5c(c4)oc4ccccc45)c32)cc1. The second kappa shape index (κ2) is 6.60. The second-order valence-corrected chi connectivity index (χ2v) is 8.20. The third-order valence-corrected chi connectivity index (χ3v) is 6.40. The van der Waals surface area contributed by atoms with Crippen LogP contribution in [0.1, 0.15) is 0 Å². The van der Waals surface area contributed by atoms with E-state index in [0.29, 0.717) is 0 Å². The zero-order chi connectivity index (χ0) is 21.1. The van der Waals surface area contributed by atoms with Gasteiger partial charge < -0.3 is 8.98 Å². The molecule has 0 amide bonds. The molecule has 2 nitrogen and oxygen atoms in total. The molecular weight excluding hydrogens is 390 g/mol. The van der Waals surface area contributed by atoms with Crippen LogP contribution in [0, 0.1) is 0 Å². The lowest BCUT2D eigenvalue weighted by Crippen LogP contribution is -1.95. The maximum atomic E-state index is 6.19. The number of benzene rings is 5. The minimum absolute atomic E-state index is 0.920. The molecule has 150 valence electrons. The molecule has 0 fully saturated rings. The highest BCUT2D eigenvalue weighted by Gasteiger charge is 2.17. The molecule has 0 N–H and O–H groups in total. The molecule has 0 aliphatic carbocycles. The van der Waals surface area contributed by atoms with Gasteiger partial charge in [-0.3, -0.25) is 0 Å². The van der Waals surface area contributed by atoms with Crippen LogP contribution < -0.4 is 0 Å². The molecule has 5 aromatic carbocycles. The normalized spacial score (nSPS) is 11.8. The van der Waals surface area contributed by atoms with Crippen LogP contribution in [0.3, 0.4) is 0 Å². The molecule has 0 aliphatic heterocycles. The molecule has 0 atom stereocenters. The van der Waals surface area contributed by atoms with Gasteiger partial charge in [0.2, 0.25) is 0 Å². The van der Waals surface area contributed by atoms with E-state index in [0.717, 1.165) is 33.2 Å². The van der Waals surface area contributed by atoms with E-state index in [2.05, 4.69) is 108 Å². The topological polar surface area (TPSA) is 18.1 Å². The van der Waals surface area contributed by atoms with Crippen molar-refractivity contribution in [3.63, 3.8) is 0 Å². The second-order valence-electron chi connectivity index (χ2n) is 8.20. The molecule has 0 unspecified atom stereocenters. The van der Waals surface area contributed by atoms with Gasteiger partial charge in [-0.2, -0.15) is 0 Å². The lowest BCUT2D eigenvalue weighted by molar-refractivity contribution is 0.669. The van der Waals surface area contributed by atoms with E-state index in [1.54, 1.807) is 0 Å². The molecule has 32 heavy (non-hydrogen) atoms. The van der Waals surface area contributed by atoms with Crippen molar-refractivity contribution in [3.8, 4) is 16.8 Å². The van der Waals surface area contributed by atoms with Crippen LogP contribution in [0.4, 0.5) is 0 Å². The van der Waals surface area contributed by atoms with Gasteiger partial charge in [-0.25, -0.2) is 0 Å². The number of rotatable bonds is 2. The predicted molar refractivity (Wildman–Crippen MR) is 133 cm³/mol. The van der Waals surface area contributed by atoms with Gasteiger partial charge in [-0.1, -0.05) is 78.9 Å². The zero-order valence-electron chi connectivity index (χ0n) is 17.3. The largest absolute Gasteiger partial charge is 0.456 e. The van der Waals surface area contributed by atoms with E-state index in [4.69, 9.17) is 4.42 Å². The van der Waals surface area contributed by atoms with Gasteiger partial charge in [0.05, 0.1) is 11.0 Å². The number of fused-ring (bicyclic) bond motifs is 6. The van der Waals surface area contributed by atoms with E-state index < -0.39 is 0 Å². The van der Waals surface area contributed by atoms with Crippen LogP contribution in [0.25, 0.3) is 60.6 Å². The Hall–Kier alpha value is -4.30. The highest BCUT2D eigenvalue weighted by molar-refractivity contribution is 6.14. The Bertz CT molecular complexity index is 1770. The highest BCUT2D eigenvalue weighted by atomic mass is 16.3. The Morgan fingerprint density at radius 1 is 0.500 bits per heavy atom. The van der Waals surface area contributed by atoms with Crippen LogP contribution >= 0.6 is 0 Å². The summed E-state index contributed by atoms with van der Waals surface area (Å²) in [5.41, 5.74) is 7.80. The van der Waals surface area contributed by atoms with Crippen LogP contribution in [0.2, 0.25) is 0 Å². The number of para-hydroxylation sites is 4. The Morgan fingerprint density at radius 2 is 1.22 bits per heavy atom. The van der Waals surface area contributed by atoms with Crippen LogP contribution in [0.15, 0.2) is 120 Å². The fourth-order valence-electron chi connectivity index (χ4n) is 4.99. The number of nitrogens with zero attached hydrogens (tertiary/aromatic N) is 1. The fraction of sp³-hybridized carbons (Fsp3) is 0. The summed E-state index contributed by atoms with van der Waals surface area (Å²) in [6, 6.07) is 40.6. The molecule has 7 rings (SSSR count). The van der Waals surface area contributed by atoms with Gasteiger partial charge in [0.25, 0.3) is 0 Å². The summed E-state index contributed by atoms with van der Waals surface area (Å²) < 4.78 is 8.57. The smallest absolute Gasteiger partial charge is 0.136 e. The Morgan fingerprint density at radius 3 is 2.12 bits per heavy atom. The number of furan rings is 1. The van der Waals surface area contributed by atoms with Crippen molar-refractivity contribution in [1.29, 1.82) is 0 Å². The average Bonchev–Trinajstić information content (AvgIpc) is 3.40. The molecule has 0 radical (unpaired) electrons. The number of aromatic nitrogens is 1. The molecular formula is C30H19NO. The van der Waals surface area contributed by atoms with E-state index in [-0.39, 0.29) is 0 Å². The van der Waals surface area contributed by atoms with Crippen molar-refractivity contribution in [2.24, 2.45) is 0 Å². The van der Waals surface area contributed by atoms with Gasteiger partial charge in [-0.05, 0) is 42.0 Å². The van der Waals surface area contributed by atoms with Gasteiger partial charge in [0, 0.05) is 32.8 Å². The molecule has 7 aromatic rings. The third kappa shape index (κ3) is 2.41. The molecule has 2 heteroatoms. The Balaban J connectivity index is 1.59. The molecule has 0 saturated heterocycles. The monoisotopic (exact) mass is 409 g/mol. The molecule has 0 bridgehead atoms. The van der Waals surface area contributed by atoms with Gasteiger partial charge >= 0.3 is 0 Å². The Labute approximate surface area is 184 Å². The molecule has 2 heterocycles. The predicted octanol–water partition coefficient (Wildman–Crippen LogP) is 8.35. The molecule has 0 spiro atoms. The van der Waals surface area contributed by atoms with Gasteiger partial charge in [0.15, 0.2) is 0 Å². The summed E-state index contributed by atoms with van der Waals surface area (Å²) in [6.45, 7) is 0. The first-order chi connectivity index (χ1) is 15.9. The summed E-state index contributed by atoms with van der Waals surface area (Å²) in [5.74, 6) is 0. The Kier molecular flexibility index (Phi) is 3.58. The standard InChI is InChI=1S/C30H19NO/c1-2-9-21(10-3-1)31-27-15-6-4-11-23(27)26-14-8-13-22(30(26)31)20-17-18-25-24-12-5-7-16-28(24)32-29(25)19-20/h1-19H. The van der Waals surface area contributed by atoms with Gasteiger partial charge in [0.1, 0.15) is 11.2 Å². The molecule has 0 aliphatic rings. The first-order valence-corrected chi connectivity index (χ1v) is 10.9. The number of hydrogen-bond acceptors (Lipinski definition) is 1. The minimum atomic E-state index is 0.920. The molecule has 0 saturated carbocycles. The quantitative estimate of drug-likeness (QED) is 0.280. The summed E-state index contributed by atoms with van der Waals surface area (Å²) in [5, 5.41) is 4.83. The lowest BCUT2D eigenvalue weighted by atomic mass is 10.0. The first-order valence-electron chi connectivity index (χ1n) is 10.9. The van der Waals surface area contributed by atoms with E-state index in [9.17, 15) is 0 Å². The third-order valence-electron chi connectivity index (χ3n) is 6.40. The summed E-state index contributed by atoms with van der Waals surface area (Å²) in [6.07, 6.45) is 0. The minimum Gasteiger partial charge on any atom is -0.456 e. The van der Waals surface area contributed by atoms with Crippen molar-refractivity contribution in [2.45, 2.75) is 0 Å². The van der Waals surface area contributed by atoms with Crippen molar-refractivity contribution in [3.05, 3.63) is 115 Å². The lowest BCUT2D eigenvalue weighted by Gasteiger charge is -2.11. The van der Waals surface area contributed by atoms with E-state index in [1.165, 1.54) is 27.4 Å². The summed E-state index contributed by atoms with van der Waals surface area (Å²) in [4.78, 5) is 0. The fourth-order valence-corrected chi connectivity index (χ4v) is 4.99. The van der Waals surface area contributed by atoms with Crippen molar-refractivity contribution < 1.29 is 4.42 Å². The van der Waals surface area contributed by atoms with Crippen LogP contribution in [0.5, 0.6) is 0 Å². The first kappa shape index (κ1) is 17.4.